The fraction of sp³-hybridized carbons (Fsp3) is 0.333. The van der Waals surface area contributed by atoms with Crippen molar-refractivity contribution in [1.29, 1.82) is 0 Å². The van der Waals surface area contributed by atoms with Crippen molar-refractivity contribution in [2.24, 2.45) is 5.92 Å². The van der Waals surface area contributed by atoms with E-state index in [1.54, 1.807) is 19.1 Å². The van der Waals surface area contributed by atoms with Crippen LogP contribution in [0.4, 0.5) is 0 Å². The van der Waals surface area contributed by atoms with Crippen molar-refractivity contribution in [3.05, 3.63) is 59.7 Å². The van der Waals surface area contributed by atoms with Gasteiger partial charge in [0.25, 0.3) is 0 Å². The van der Waals surface area contributed by atoms with Crippen molar-refractivity contribution >= 4 is 11.8 Å². The second-order valence-corrected chi connectivity index (χ2v) is 6.59. The minimum atomic E-state index is -0.318. The molecule has 0 aromatic heterocycles. The van der Waals surface area contributed by atoms with E-state index in [2.05, 4.69) is 5.32 Å². The van der Waals surface area contributed by atoms with E-state index in [0.717, 1.165) is 22.6 Å². The van der Waals surface area contributed by atoms with Gasteiger partial charge in [-0.05, 0) is 35.4 Å². The van der Waals surface area contributed by atoms with Crippen LogP contribution < -0.4 is 14.8 Å². The van der Waals surface area contributed by atoms with Crippen molar-refractivity contribution in [3.63, 3.8) is 0 Å². The van der Waals surface area contributed by atoms with E-state index in [-0.39, 0.29) is 24.2 Å². The van der Waals surface area contributed by atoms with Crippen LogP contribution in [-0.4, -0.2) is 37.5 Å². The smallest absolute Gasteiger partial charge is 0.225 e. The average Bonchev–Trinajstić information content (AvgIpc) is 3.07. The minimum absolute atomic E-state index is 0.00680. The Balaban J connectivity index is 1.53. The van der Waals surface area contributed by atoms with Gasteiger partial charge >= 0.3 is 0 Å². The van der Waals surface area contributed by atoms with E-state index >= 15 is 0 Å². The molecule has 0 spiro atoms. The topological polar surface area (TPSA) is 67.9 Å². The molecule has 0 saturated carbocycles. The number of rotatable bonds is 7. The molecule has 6 heteroatoms. The third-order valence-electron chi connectivity index (χ3n) is 4.72. The number of carbonyl (C=O) groups excluding carboxylic acids is 2. The molecule has 6 nitrogen and oxygen atoms in total. The third kappa shape index (κ3) is 4.78. The zero-order valence-corrected chi connectivity index (χ0v) is 15.6. The summed E-state index contributed by atoms with van der Waals surface area (Å²) in [6, 6.07) is 15.2. The molecule has 1 atom stereocenters. The molecule has 2 amide bonds. The van der Waals surface area contributed by atoms with Crippen molar-refractivity contribution < 1.29 is 19.1 Å². The first-order valence-corrected chi connectivity index (χ1v) is 8.90. The molecule has 1 aliphatic rings. The zero-order valence-electron chi connectivity index (χ0n) is 15.6. The van der Waals surface area contributed by atoms with Crippen LogP contribution in [0.3, 0.4) is 0 Å². The monoisotopic (exact) mass is 368 g/mol. The summed E-state index contributed by atoms with van der Waals surface area (Å²) in [6.45, 7) is 1.36. The van der Waals surface area contributed by atoms with Crippen LogP contribution in [0.25, 0.3) is 0 Å². The van der Waals surface area contributed by atoms with Gasteiger partial charge in [0, 0.05) is 26.1 Å². The fourth-order valence-electron chi connectivity index (χ4n) is 3.17. The summed E-state index contributed by atoms with van der Waals surface area (Å²) in [6.07, 6.45) is 0.250. The van der Waals surface area contributed by atoms with Gasteiger partial charge in [-0.2, -0.15) is 0 Å². The van der Waals surface area contributed by atoms with Crippen LogP contribution in [0.15, 0.2) is 48.5 Å². The maximum Gasteiger partial charge on any atom is 0.225 e. The summed E-state index contributed by atoms with van der Waals surface area (Å²) in [4.78, 5) is 26.5. The normalized spacial score (nSPS) is 16.3. The highest BCUT2D eigenvalue weighted by atomic mass is 16.5. The lowest BCUT2D eigenvalue weighted by atomic mass is 10.1. The first-order valence-electron chi connectivity index (χ1n) is 8.90. The summed E-state index contributed by atoms with van der Waals surface area (Å²) >= 11 is 0. The van der Waals surface area contributed by atoms with E-state index in [1.807, 2.05) is 48.5 Å². The third-order valence-corrected chi connectivity index (χ3v) is 4.72. The first kappa shape index (κ1) is 18.8. The predicted molar refractivity (Wildman–Crippen MR) is 101 cm³/mol. The Morgan fingerprint density at radius 3 is 2.52 bits per heavy atom. The van der Waals surface area contributed by atoms with Crippen molar-refractivity contribution in [2.45, 2.75) is 19.5 Å². The SMILES string of the molecule is COc1ccc(CN2C[C@H](C(=O)NCc3cccc(OC)c3)CC2=O)cc1. The van der Waals surface area contributed by atoms with Gasteiger partial charge < -0.3 is 19.7 Å². The molecule has 1 heterocycles. The highest BCUT2D eigenvalue weighted by Crippen LogP contribution is 2.22. The van der Waals surface area contributed by atoms with E-state index in [9.17, 15) is 9.59 Å². The second-order valence-electron chi connectivity index (χ2n) is 6.59. The van der Waals surface area contributed by atoms with E-state index in [1.165, 1.54) is 0 Å². The molecule has 0 unspecified atom stereocenters. The largest absolute Gasteiger partial charge is 0.497 e. The van der Waals surface area contributed by atoms with Crippen LogP contribution in [0.1, 0.15) is 17.5 Å². The summed E-state index contributed by atoms with van der Waals surface area (Å²) in [5.41, 5.74) is 1.98. The number of nitrogens with zero attached hydrogens (tertiary/aromatic N) is 1. The molecule has 142 valence electrons. The van der Waals surface area contributed by atoms with Gasteiger partial charge in [-0.15, -0.1) is 0 Å². The Hall–Kier alpha value is -3.02. The highest BCUT2D eigenvalue weighted by Gasteiger charge is 2.34. The van der Waals surface area contributed by atoms with Gasteiger partial charge in [-0.25, -0.2) is 0 Å². The number of hydrogen-bond acceptors (Lipinski definition) is 4. The number of hydrogen-bond donors (Lipinski definition) is 1. The van der Waals surface area contributed by atoms with Crippen LogP contribution in [0, 0.1) is 5.92 Å². The summed E-state index contributed by atoms with van der Waals surface area (Å²) in [5, 5.41) is 2.92. The zero-order chi connectivity index (χ0) is 19.2. The van der Waals surface area contributed by atoms with Gasteiger partial charge in [0.1, 0.15) is 11.5 Å². The molecular formula is C21H24N2O4. The first-order chi connectivity index (χ1) is 13.1. The molecule has 3 rings (SSSR count). The molecule has 2 aromatic rings. The van der Waals surface area contributed by atoms with E-state index in [0.29, 0.717) is 19.6 Å². The highest BCUT2D eigenvalue weighted by molar-refractivity contribution is 5.89. The second kappa shape index (κ2) is 8.58. The molecule has 0 radical (unpaired) electrons. The number of benzene rings is 2. The Morgan fingerprint density at radius 2 is 1.81 bits per heavy atom. The predicted octanol–water partition coefficient (Wildman–Crippen LogP) is 2.37. The van der Waals surface area contributed by atoms with Crippen LogP contribution in [-0.2, 0) is 22.7 Å². The number of carbonyl (C=O) groups is 2. The summed E-state index contributed by atoms with van der Waals surface area (Å²) in [5.74, 6) is 1.13. The quantitative estimate of drug-likeness (QED) is 0.815. The number of amides is 2. The van der Waals surface area contributed by atoms with Gasteiger partial charge in [0.15, 0.2) is 0 Å². The Bertz CT molecular complexity index is 804. The van der Waals surface area contributed by atoms with E-state index < -0.39 is 0 Å². The van der Waals surface area contributed by atoms with Gasteiger partial charge in [-0.1, -0.05) is 24.3 Å². The van der Waals surface area contributed by atoms with Gasteiger partial charge in [0.2, 0.25) is 11.8 Å². The molecule has 27 heavy (non-hydrogen) atoms. The number of likely N-dealkylation sites (tertiary alicyclic amines) is 1. The Morgan fingerprint density at radius 1 is 1.07 bits per heavy atom. The lowest BCUT2D eigenvalue weighted by molar-refractivity contribution is -0.129. The molecule has 1 N–H and O–H groups in total. The molecule has 1 saturated heterocycles. The molecule has 0 bridgehead atoms. The maximum atomic E-state index is 12.5. The molecular weight excluding hydrogens is 344 g/mol. The Kier molecular flexibility index (Phi) is 5.96. The molecule has 1 aliphatic heterocycles. The maximum absolute atomic E-state index is 12.5. The van der Waals surface area contributed by atoms with Crippen LogP contribution >= 0.6 is 0 Å². The fourth-order valence-corrected chi connectivity index (χ4v) is 3.17. The van der Waals surface area contributed by atoms with Crippen molar-refractivity contribution in [2.75, 3.05) is 20.8 Å². The number of methoxy groups -OCH3 is 2. The standard InChI is InChI=1S/C21H24N2O4/c1-26-18-8-6-15(7-9-18)13-23-14-17(11-20(23)24)21(25)22-12-16-4-3-5-19(10-16)27-2/h3-10,17H,11-14H2,1-2H3,(H,22,25)/t17-/m1/s1. The summed E-state index contributed by atoms with van der Waals surface area (Å²) in [7, 11) is 3.23. The lowest BCUT2D eigenvalue weighted by Crippen LogP contribution is -2.32. The van der Waals surface area contributed by atoms with E-state index in [4.69, 9.17) is 9.47 Å². The summed E-state index contributed by atoms with van der Waals surface area (Å²) < 4.78 is 10.3. The van der Waals surface area contributed by atoms with Crippen molar-refractivity contribution in [1.82, 2.24) is 10.2 Å². The minimum Gasteiger partial charge on any atom is -0.497 e. The molecule has 1 fully saturated rings. The molecule has 0 aliphatic carbocycles. The van der Waals surface area contributed by atoms with Crippen LogP contribution in [0.5, 0.6) is 11.5 Å². The molecule has 2 aromatic carbocycles. The van der Waals surface area contributed by atoms with Gasteiger partial charge in [-0.3, -0.25) is 9.59 Å². The lowest BCUT2D eigenvalue weighted by Gasteiger charge is -2.17. The number of nitrogens with one attached hydrogen (secondary N) is 1. The van der Waals surface area contributed by atoms with Crippen LogP contribution in [0.2, 0.25) is 0 Å². The average molecular weight is 368 g/mol. The Labute approximate surface area is 159 Å². The number of ether oxygens (including phenoxy) is 2. The van der Waals surface area contributed by atoms with Gasteiger partial charge in [0.05, 0.1) is 20.1 Å². The van der Waals surface area contributed by atoms with Crippen molar-refractivity contribution in [3.8, 4) is 11.5 Å².